The summed E-state index contributed by atoms with van der Waals surface area (Å²) in [6.45, 7) is 0.497. The van der Waals surface area contributed by atoms with Gasteiger partial charge in [0.1, 0.15) is 5.75 Å². The van der Waals surface area contributed by atoms with Crippen LogP contribution in [0.1, 0.15) is 11.1 Å². The molecule has 0 aliphatic rings. The molecule has 1 amide bonds. The first-order valence-corrected chi connectivity index (χ1v) is 11.6. The molecule has 8 nitrogen and oxygen atoms in total. The van der Waals surface area contributed by atoms with Crippen molar-refractivity contribution in [3.8, 4) is 17.2 Å². The number of H-pyrrole nitrogens is 1. The van der Waals surface area contributed by atoms with E-state index in [4.69, 9.17) is 14.2 Å². The number of aliphatic imine (C=N–C) groups is 1. The van der Waals surface area contributed by atoms with Crippen LogP contribution in [0.25, 0.3) is 10.9 Å². The number of carbonyl (C=O) groups excluding carboxylic acids is 1. The Labute approximate surface area is 210 Å². The zero-order valence-corrected chi connectivity index (χ0v) is 20.6. The Morgan fingerprint density at radius 2 is 1.69 bits per heavy atom. The molecule has 0 radical (unpaired) electrons. The van der Waals surface area contributed by atoms with Crippen LogP contribution in [-0.2, 0) is 17.6 Å². The highest BCUT2D eigenvalue weighted by Crippen LogP contribution is 2.27. The van der Waals surface area contributed by atoms with Gasteiger partial charge in [-0.2, -0.15) is 0 Å². The topological polar surface area (TPSA) is 97.0 Å². The molecule has 3 N–H and O–H groups in total. The van der Waals surface area contributed by atoms with Gasteiger partial charge in [-0.05, 0) is 60.0 Å². The lowest BCUT2D eigenvalue weighted by atomic mass is 10.1. The summed E-state index contributed by atoms with van der Waals surface area (Å²) < 4.78 is 15.9. The van der Waals surface area contributed by atoms with E-state index in [2.05, 4.69) is 26.7 Å². The van der Waals surface area contributed by atoms with E-state index < -0.39 is 0 Å². The van der Waals surface area contributed by atoms with Crippen LogP contribution in [0.2, 0.25) is 0 Å². The van der Waals surface area contributed by atoms with Crippen LogP contribution < -0.4 is 24.8 Å². The maximum atomic E-state index is 12.9. The predicted molar refractivity (Wildman–Crippen MR) is 142 cm³/mol. The summed E-state index contributed by atoms with van der Waals surface area (Å²) in [5, 5.41) is 7.31. The summed E-state index contributed by atoms with van der Waals surface area (Å²) in [5.74, 6) is 2.12. The van der Waals surface area contributed by atoms with Gasteiger partial charge in [-0.15, -0.1) is 0 Å². The van der Waals surface area contributed by atoms with Gasteiger partial charge in [-0.1, -0.05) is 24.3 Å². The van der Waals surface area contributed by atoms with Gasteiger partial charge in [-0.25, -0.2) is 0 Å². The highest BCUT2D eigenvalue weighted by molar-refractivity contribution is 6.04. The number of methoxy groups -OCH3 is 3. The van der Waals surface area contributed by atoms with E-state index in [0.29, 0.717) is 24.0 Å². The number of amides is 1. The first-order valence-electron chi connectivity index (χ1n) is 11.6. The van der Waals surface area contributed by atoms with Gasteiger partial charge in [0.05, 0.1) is 27.8 Å². The molecule has 0 aliphatic heterocycles. The quantitative estimate of drug-likeness (QED) is 0.238. The van der Waals surface area contributed by atoms with E-state index in [1.54, 1.807) is 33.5 Å². The van der Waals surface area contributed by atoms with Crippen LogP contribution >= 0.6 is 0 Å². The highest BCUT2D eigenvalue weighted by atomic mass is 16.5. The largest absolute Gasteiger partial charge is 0.497 e. The van der Waals surface area contributed by atoms with Crippen molar-refractivity contribution in [1.82, 2.24) is 10.3 Å². The number of nitrogens with zero attached hydrogens (tertiary/aromatic N) is 1. The molecule has 1 heterocycles. The number of carbonyl (C=O) groups is 1. The van der Waals surface area contributed by atoms with Crippen LogP contribution in [0, 0.1) is 0 Å². The Morgan fingerprint density at radius 3 is 2.44 bits per heavy atom. The van der Waals surface area contributed by atoms with Gasteiger partial charge >= 0.3 is 0 Å². The van der Waals surface area contributed by atoms with Gasteiger partial charge < -0.3 is 24.5 Å². The lowest BCUT2D eigenvalue weighted by Crippen LogP contribution is -2.37. The molecule has 0 fully saturated rings. The molecule has 0 bridgehead atoms. The molecule has 8 heteroatoms. The summed E-state index contributed by atoms with van der Waals surface area (Å²) in [4.78, 5) is 20.9. The van der Waals surface area contributed by atoms with Crippen molar-refractivity contribution in [2.45, 2.75) is 12.8 Å². The van der Waals surface area contributed by atoms with E-state index in [1.807, 2.05) is 54.7 Å². The molecule has 36 heavy (non-hydrogen) atoms. The summed E-state index contributed by atoms with van der Waals surface area (Å²) in [5.41, 5.74) is 3.85. The molecule has 4 aromatic rings. The molecule has 3 aromatic carbocycles. The Hall–Kier alpha value is -4.46. The summed E-state index contributed by atoms with van der Waals surface area (Å²) in [6.07, 6.45) is 2.89. The average Bonchev–Trinajstić information content (AvgIpc) is 3.32. The third kappa shape index (κ3) is 6.15. The van der Waals surface area contributed by atoms with Crippen molar-refractivity contribution in [2.24, 2.45) is 4.99 Å². The third-order valence-corrected chi connectivity index (χ3v) is 5.75. The van der Waals surface area contributed by atoms with Crippen molar-refractivity contribution >= 4 is 28.5 Å². The Balaban J connectivity index is 1.48. The van der Waals surface area contributed by atoms with Crippen molar-refractivity contribution < 1.29 is 19.0 Å². The molecule has 0 saturated heterocycles. The number of para-hydroxylation sites is 1. The minimum Gasteiger partial charge on any atom is -0.497 e. The minimum absolute atomic E-state index is 0.159. The SMILES string of the molecule is COc1ccc(NC(=NCCc2c[nH]c3ccccc23)NC(=O)Cc2ccc(OC)c(OC)c2)cc1. The van der Waals surface area contributed by atoms with E-state index >= 15 is 0 Å². The number of rotatable bonds is 9. The Morgan fingerprint density at radius 1 is 0.917 bits per heavy atom. The van der Waals surface area contributed by atoms with Crippen molar-refractivity contribution in [2.75, 3.05) is 33.2 Å². The highest BCUT2D eigenvalue weighted by Gasteiger charge is 2.11. The molecular formula is C28H30N4O4. The number of fused-ring (bicyclic) bond motifs is 1. The van der Waals surface area contributed by atoms with E-state index in [-0.39, 0.29) is 12.3 Å². The van der Waals surface area contributed by atoms with Gasteiger partial charge in [0, 0.05) is 29.3 Å². The van der Waals surface area contributed by atoms with Crippen LogP contribution in [0.4, 0.5) is 5.69 Å². The summed E-state index contributed by atoms with van der Waals surface area (Å²) >= 11 is 0. The summed E-state index contributed by atoms with van der Waals surface area (Å²) in [6, 6.07) is 21.0. The Kier molecular flexibility index (Phi) is 8.08. The van der Waals surface area contributed by atoms with Crippen LogP contribution in [0.15, 0.2) is 77.9 Å². The van der Waals surface area contributed by atoms with Gasteiger partial charge in [-0.3, -0.25) is 15.1 Å². The first kappa shape index (κ1) is 24.7. The fraction of sp³-hybridized carbons (Fsp3) is 0.214. The van der Waals surface area contributed by atoms with Crippen LogP contribution in [0.3, 0.4) is 0 Å². The number of benzene rings is 3. The van der Waals surface area contributed by atoms with Crippen molar-refractivity contribution in [3.05, 3.63) is 84.1 Å². The second-order valence-electron chi connectivity index (χ2n) is 8.11. The lowest BCUT2D eigenvalue weighted by Gasteiger charge is -2.13. The normalized spacial score (nSPS) is 11.2. The number of nitrogens with one attached hydrogen (secondary N) is 3. The summed E-state index contributed by atoms with van der Waals surface area (Å²) in [7, 11) is 4.77. The van der Waals surface area contributed by atoms with Gasteiger partial charge in [0.15, 0.2) is 11.5 Å². The second-order valence-corrected chi connectivity index (χ2v) is 8.11. The second kappa shape index (κ2) is 11.8. The number of aromatic nitrogens is 1. The number of guanidine groups is 1. The molecule has 1 aromatic heterocycles. The smallest absolute Gasteiger partial charge is 0.231 e. The standard InChI is InChI=1S/C28H30N4O4/c1-34-22-11-9-21(10-12-22)31-28(29-15-14-20-18-30-24-7-5-4-6-23(20)24)32-27(33)17-19-8-13-25(35-2)26(16-19)36-3/h4-13,16,18,30H,14-15,17H2,1-3H3,(H2,29,31,32,33). The van der Waals surface area contributed by atoms with E-state index in [9.17, 15) is 4.79 Å². The zero-order chi connectivity index (χ0) is 25.3. The Bertz CT molecular complexity index is 1350. The molecule has 0 aliphatic carbocycles. The zero-order valence-electron chi connectivity index (χ0n) is 20.6. The number of ether oxygens (including phenoxy) is 3. The molecule has 4 rings (SSSR count). The molecule has 186 valence electrons. The molecule has 0 atom stereocenters. The van der Waals surface area contributed by atoms with Gasteiger partial charge in [0.25, 0.3) is 0 Å². The maximum Gasteiger partial charge on any atom is 0.231 e. The molecule has 0 saturated carbocycles. The van der Waals surface area contributed by atoms with E-state index in [0.717, 1.165) is 28.9 Å². The van der Waals surface area contributed by atoms with Crippen LogP contribution in [0.5, 0.6) is 17.2 Å². The molecule has 0 spiro atoms. The predicted octanol–water partition coefficient (Wildman–Crippen LogP) is 4.56. The van der Waals surface area contributed by atoms with Gasteiger partial charge in [0.2, 0.25) is 11.9 Å². The molecule has 0 unspecified atom stereocenters. The fourth-order valence-corrected chi connectivity index (χ4v) is 3.90. The number of hydrogen-bond acceptors (Lipinski definition) is 5. The average molecular weight is 487 g/mol. The minimum atomic E-state index is -0.200. The fourth-order valence-electron chi connectivity index (χ4n) is 3.90. The number of aromatic amines is 1. The van der Waals surface area contributed by atoms with Crippen molar-refractivity contribution in [1.29, 1.82) is 0 Å². The number of anilines is 1. The lowest BCUT2D eigenvalue weighted by molar-refractivity contribution is -0.119. The monoisotopic (exact) mass is 486 g/mol. The third-order valence-electron chi connectivity index (χ3n) is 5.75. The van der Waals surface area contributed by atoms with Crippen LogP contribution in [-0.4, -0.2) is 44.7 Å². The molecular weight excluding hydrogens is 456 g/mol. The van der Waals surface area contributed by atoms with E-state index in [1.165, 1.54) is 10.9 Å². The van der Waals surface area contributed by atoms with Crippen molar-refractivity contribution in [3.63, 3.8) is 0 Å². The maximum absolute atomic E-state index is 12.9. The number of hydrogen-bond donors (Lipinski definition) is 3. The first-order chi connectivity index (χ1) is 17.6.